The molecule has 0 spiro atoms. The van der Waals surface area contributed by atoms with Crippen molar-refractivity contribution < 1.29 is 5.11 Å². The van der Waals surface area contributed by atoms with Gasteiger partial charge in [-0.25, -0.2) is 0 Å². The summed E-state index contributed by atoms with van der Waals surface area (Å²) >= 11 is 7.56. The Hall–Kier alpha value is -1.03. The monoisotopic (exact) mass is 307 g/mol. The number of benzene rings is 1. The minimum atomic E-state index is 0.223. The van der Waals surface area contributed by atoms with E-state index in [2.05, 4.69) is 25.2 Å². The average Bonchev–Trinajstić information content (AvgIpc) is 2.96. The molecule has 2 atom stereocenters. The number of halogens is 1. The van der Waals surface area contributed by atoms with Crippen LogP contribution in [0, 0.1) is 6.92 Å². The first-order chi connectivity index (χ1) is 9.56. The number of aryl methyl sites for hydroxylation is 1. The lowest BCUT2D eigenvalue weighted by Crippen LogP contribution is -2.18. The van der Waals surface area contributed by atoms with Gasteiger partial charge >= 0.3 is 0 Å². The second kappa shape index (κ2) is 5.40. The maximum Gasteiger partial charge on any atom is 0.120 e. The van der Waals surface area contributed by atoms with E-state index in [-0.39, 0.29) is 6.04 Å². The predicted molar refractivity (Wildman–Crippen MR) is 84.8 cm³/mol. The maximum absolute atomic E-state index is 10.2. The van der Waals surface area contributed by atoms with Gasteiger partial charge in [0.2, 0.25) is 0 Å². The molecule has 0 saturated heterocycles. The molecule has 20 heavy (non-hydrogen) atoms. The lowest BCUT2D eigenvalue weighted by Gasteiger charge is -2.15. The van der Waals surface area contributed by atoms with Gasteiger partial charge in [0.25, 0.3) is 0 Å². The van der Waals surface area contributed by atoms with Gasteiger partial charge in [0.1, 0.15) is 5.75 Å². The third-order valence-electron chi connectivity index (χ3n) is 4.06. The van der Waals surface area contributed by atoms with Gasteiger partial charge in [0, 0.05) is 23.0 Å². The molecule has 0 bridgehead atoms. The van der Waals surface area contributed by atoms with Crippen molar-refractivity contribution >= 4 is 22.9 Å². The summed E-state index contributed by atoms with van der Waals surface area (Å²) in [5.41, 5.74) is 3.67. The first-order valence-corrected chi connectivity index (χ1v) is 8.05. The van der Waals surface area contributed by atoms with Crippen LogP contribution in [0.25, 0.3) is 0 Å². The number of thiophene rings is 1. The smallest absolute Gasteiger partial charge is 0.120 e. The van der Waals surface area contributed by atoms with Gasteiger partial charge < -0.3 is 10.4 Å². The Morgan fingerprint density at radius 3 is 2.80 bits per heavy atom. The molecule has 1 heterocycles. The van der Waals surface area contributed by atoms with Crippen LogP contribution in [0.1, 0.15) is 46.9 Å². The molecule has 0 radical (unpaired) electrons. The summed E-state index contributed by atoms with van der Waals surface area (Å²) in [6, 6.07) is 8.02. The highest BCUT2D eigenvalue weighted by Gasteiger charge is 2.31. The normalized spacial score (nSPS) is 21.1. The van der Waals surface area contributed by atoms with E-state index in [0.717, 1.165) is 22.9 Å². The lowest BCUT2D eigenvalue weighted by molar-refractivity contribution is 0.445. The quantitative estimate of drug-likeness (QED) is 0.857. The van der Waals surface area contributed by atoms with Crippen LogP contribution in [0.5, 0.6) is 5.75 Å². The number of rotatable bonds is 3. The third kappa shape index (κ3) is 2.46. The highest BCUT2D eigenvalue weighted by atomic mass is 35.5. The zero-order valence-electron chi connectivity index (χ0n) is 11.6. The third-order valence-corrected chi connectivity index (χ3v) is 5.30. The molecule has 2 unspecified atom stereocenters. The van der Waals surface area contributed by atoms with Crippen molar-refractivity contribution in [2.75, 3.05) is 0 Å². The Bertz CT molecular complexity index is 637. The van der Waals surface area contributed by atoms with Gasteiger partial charge in [0.15, 0.2) is 0 Å². The number of fused-ring (bicyclic) bond motifs is 1. The highest BCUT2D eigenvalue weighted by Crippen LogP contribution is 2.46. The first-order valence-electron chi connectivity index (χ1n) is 6.86. The summed E-state index contributed by atoms with van der Waals surface area (Å²) in [6.07, 6.45) is 1.03. The summed E-state index contributed by atoms with van der Waals surface area (Å²) in [5, 5.41) is 13.7. The Labute approximate surface area is 128 Å². The van der Waals surface area contributed by atoms with Crippen LogP contribution < -0.4 is 5.32 Å². The van der Waals surface area contributed by atoms with Gasteiger partial charge in [-0.05, 0) is 48.6 Å². The van der Waals surface area contributed by atoms with Gasteiger partial charge in [-0.3, -0.25) is 0 Å². The lowest BCUT2D eigenvalue weighted by atomic mass is 9.97. The Balaban J connectivity index is 1.82. The molecule has 0 amide bonds. The molecule has 1 aromatic carbocycles. The molecule has 2 nitrogen and oxygen atoms in total. The molecule has 106 valence electrons. The van der Waals surface area contributed by atoms with Crippen molar-refractivity contribution in [1.29, 1.82) is 0 Å². The van der Waals surface area contributed by atoms with Crippen molar-refractivity contribution in [3.63, 3.8) is 0 Å². The average molecular weight is 308 g/mol. The number of phenols is 1. The molecule has 4 heteroatoms. The molecule has 1 aromatic heterocycles. The number of nitrogens with one attached hydrogen (secondary N) is 1. The zero-order chi connectivity index (χ0) is 14.3. The molecule has 1 aliphatic rings. The SMILES string of the molecule is Cc1ccc(O)c2c1C(C)CC2NCc1ccc(Cl)s1. The van der Waals surface area contributed by atoms with E-state index < -0.39 is 0 Å². The largest absolute Gasteiger partial charge is 0.508 e. The van der Waals surface area contributed by atoms with E-state index in [1.165, 1.54) is 16.0 Å². The summed E-state index contributed by atoms with van der Waals surface area (Å²) < 4.78 is 0.820. The van der Waals surface area contributed by atoms with Crippen molar-refractivity contribution in [3.8, 4) is 5.75 Å². The molecule has 0 saturated carbocycles. The van der Waals surface area contributed by atoms with Crippen LogP contribution in [0.3, 0.4) is 0 Å². The van der Waals surface area contributed by atoms with Gasteiger partial charge in [0.05, 0.1) is 4.34 Å². The van der Waals surface area contributed by atoms with Crippen LogP contribution in [0.4, 0.5) is 0 Å². The summed E-state index contributed by atoms with van der Waals surface area (Å²) in [5.74, 6) is 0.901. The van der Waals surface area contributed by atoms with Crippen molar-refractivity contribution in [2.45, 2.75) is 38.8 Å². The number of aromatic hydroxyl groups is 1. The van der Waals surface area contributed by atoms with E-state index in [4.69, 9.17) is 11.6 Å². The topological polar surface area (TPSA) is 32.3 Å². The molecular weight excluding hydrogens is 290 g/mol. The number of phenolic OH excluding ortho intramolecular Hbond substituents is 1. The van der Waals surface area contributed by atoms with Crippen LogP contribution in [-0.4, -0.2) is 5.11 Å². The van der Waals surface area contributed by atoms with E-state index in [0.29, 0.717) is 11.7 Å². The van der Waals surface area contributed by atoms with Gasteiger partial charge in [-0.2, -0.15) is 0 Å². The number of hydrogen-bond acceptors (Lipinski definition) is 3. The van der Waals surface area contributed by atoms with Crippen LogP contribution in [0.2, 0.25) is 4.34 Å². The molecule has 0 fully saturated rings. The second-order valence-electron chi connectivity index (χ2n) is 5.50. The Morgan fingerprint density at radius 1 is 1.30 bits per heavy atom. The molecule has 0 aliphatic heterocycles. The first kappa shape index (κ1) is 13.9. The fourth-order valence-electron chi connectivity index (χ4n) is 3.20. The zero-order valence-corrected chi connectivity index (χ0v) is 13.2. The Kier molecular flexibility index (Phi) is 3.76. The van der Waals surface area contributed by atoms with Crippen LogP contribution in [0.15, 0.2) is 24.3 Å². The fourth-order valence-corrected chi connectivity index (χ4v) is 4.24. The van der Waals surface area contributed by atoms with E-state index >= 15 is 0 Å². The summed E-state index contributed by atoms with van der Waals surface area (Å²) in [6.45, 7) is 5.15. The number of hydrogen-bond donors (Lipinski definition) is 2. The summed E-state index contributed by atoms with van der Waals surface area (Å²) in [7, 11) is 0. The van der Waals surface area contributed by atoms with E-state index in [1.54, 1.807) is 11.3 Å². The molecule has 3 rings (SSSR count). The van der Waals surface area contributed by atoms with Crippen molar-refractivity contribution in [2.24, 2.45) is 0 Å². The summed E-state index contributed by atoms with van der Waals surface area (Å²) in [4.78, 5) is 1.23. The molecular formula is C16H18ClNOS. The van der Waals surface area contributed by atoms with Crippen LogP contribution in [-0.2, 0) is 6.54 Å². The molecule has 1 aliphatic carbocycles. The second-order valence-corrected chi connectivity index (χ2v) is 7.30. The molecule has 2 aromatic rings. The standard InChI is InChI=1S/C16H18ClNOS/c1-9-3-5-13(19)16-12(7-10(2)15(9)16)18-8-11-4-6-14(17)20-11/h3-6,10,12,18-19H,7-8H2,1-2H3. The van der Waals surface area contributed by atoms with E-state index in [9.17, 15) is 5.11 Å². The van der Waals surface area contributed by atoms with Gasteiger partial charge in [-0.1, -0.05) is 24.6 Å². The fraction of sp³-hybridized carbons (Fsp3) is 0.375. The van der Waals surface area contributed by atoms with Crippen molar-refractivity contribution in [3.05, 3.63) is 50.2 Å². The van der Waals surface area contributed by atoms with E-state index in [1.807, 2.05) is 18.2 Å². The minimum absolute atomic E-state index is 0.223. The van der Waals surface area contributed by atoms with Crippen LogP contribution >= 0.6 is 22.9 Å². The Morgan fingerprint density at radius 2 is 2.10 bits per heavy atom. The minimum Gasteiger partial charge on any atom is -0.508 e. The predicted octanol–water partition coefficient (Wildman–Crippen LogP) is 4.75. The maximum atomic E-state index is 10.2. The van der Waals surface area contributed by atoms with Gasteiger partial charge in [-0.15, -0.1) is 11.3 Å². The molecule has 2 N–H and O–H groups in total. The highest BCUT2D eigenvalue weighted by molar-refractivity contribution is 7.16. The van der Waals surface area contributed by atoms with Crippen molar-refractivity contribution in [1.82, 2.24) is 5.32 Å².